The first-order chi connectivity index (χ1) is 30.9. The number of amides is 2. The molecule has 1 fully saturated rings. The van der Waals surface area contributed by atoms with Crippen LogP contribution < -0.4 is 18.8 Å². The van der Waals surface area contributed by atoms with Gasteiger partial charge in [-0.2, -0.15) is 0 Å². The van der Waals surface area contributed by atoms with Crippen LogP contribution in [-0.2, 0) is 35.4 Å². The average molecular weight is 881 g/mol. The number of aromatic nitrogens is 1. The highest BCUT2D eigenvalue weighted by Gasteiger charge is 2.40. The van der Waals surface area contributed by atoms with Gasteiger partial charge in [-0.05, 0) is 96.7 Å². The van der Waals surface area contributed by atoms with Crippen molar-refractivity contribution in [2.45, 2.75) is 83.4 Å². The summed E-state index contributed by atoms with van der Waals surface area (Å²) in [5, 5.41) is 0.0312. The van der Waals surface area contributed by atoms with Crippen molar-refractivity contribution in [3.8, 4) is 28.5 Å². The molecule has 0 bridgehead atoms. The highest BCUT2D eigenvalue weighted by molar-refractivity contribution is 6.74. The smallest absolute Gasteiger partial charge is 0.264 e. The van der Waals surface area contributed by atoms with Gasteiger partial charge in [0, 0.05) is 73.5 Å². The molecule has 12 heteroatoms. The second-order valence-corrected chi connectivity index (χ2v) is 23.6. The molecule has 4 aromatic carbocycles. The Labute approximate surface area is 378 Å². The number of hydrogen-bond acceptors (Lipinski definition) is 8. The normalized spacial score (nSPS) is 18.5. The summed E-state index contributed by atoms with van der Waals surface area (Å²) in [7, 11) is -2.10. The predicted molar refractivity (Wildman–Crippen MR) is 252 cm³/mol. The van der Waals surface area contributed by atoms with Gasteiger partial charge in [-0.3, -0.25) is 19.4 Å². The van der Waals surface area contributed by atoms with Crippen LogP contribution in [0.25, 0.3) is 11.3 Å². The molecule has 4 aliphatic rings. The summed E-state index contributed by atoms with van der Waals surface area (Å²) in [5.41, 5.74) is 7.25. The monoisotopic (exact) mass is 880 g/mol. The number of carbonyl (C=O) groups excluding carboxylic acids is 2. The Balaban J connectivity index is 1.14. The number of hydrogen-bond donors (Lipinski definition) is 0. The number of para-hydroxylation sites is 1. The molecule has 64 heavy (non-hydrogen) atoms. The molecule has 9 rings (SSSR count). The van der Waals surface area contributed by atoms with Gasteiger partial charge in [0.25, 0.3) is 11.8 Å². The van der Waals surface area contributed by atoms with E-state index < -0.39 is 8.32 Å². The van der Waals surface area contributed by atoms with E-state index in [1.54, 1.807) is 11.0 Å². The lowest BCUT2D eigenvalue weighted by Gasteiger charge is -2.40. The molecule has 2 amide bonds. The fourth-order valence-electron chi connectivity index (χ4n) is 9.16. The van der Waals surface area contributed by atoms with Crippen molar-refractivity contribution in [3.05, 3.63) is 138 Å². The first kappa shape index (κ1) is 43.6. The van der Waals surface area contributed by atoms with Gasteiger partial charge >= 0.3 is 0 Å². The molecular formula is C52H60N4O7Si. The number of benzene rings is 4. The van der Waals surface area contributed by atoms with Crippen molar-refractivity contribution in [2.75, 3.05) is 51.1 Å². The summed E-state index contributed by atoms with van der Waals surface area (Å²) in [6.07, 6.45) is 3.63. The number of rotatable bonds is 12. The van der Waals surface area contributed by atoms with E-state index in [0.29, 0.717) is 73.2 Å². The number of fused-ring (bicyclic) bond motifs is 3. The minimum absolute atomic E-state index is 0.0312. The van der Waals surface area contributed by atoms with Crippen molar-refractivity contribution >= 4 is 31.5 Å². The second kappa shape index (κ2) is 18.1. The Bertz CT molecular complexity index is 2510. The Morgan fingerprint density at radius 2 is 1.53 bits per heavy atom. The van der Waals surface area contributed by atoms with E-state index in [1.807, 2.05) is 83.8 Å². The molecule has 1 saturated heterocycles. The maximum atomic E-state index is 15.5. The maximum Gasteiger partial charge on any atom is 0.264 e. The summed E-state index contributed by atoms with van der Waals surface area (Å²) in [5.74, 6) is 1.61. The van der Waals surface area contributed by atoms with Crippen LogP contribution in [0, 0.1) is 0 Å². The van der Waals surface area contributed by atoms with Crippen LogP contribution in [0.1, 0.15) is 64.7 Å². The minimum Gasteiger partial charge on any atom is -0.544 e. The van der Waals surface area contributed by atoms with Crippen LogP contribution in [-0.4, -0.2) is 92.9 Å². The molecule has 1 unspecified atom stereocenters. The van der Waals surface area contributed by atoms with Crippen LogP contribution in [0.2, 0.25) is 18.1 Å². The molecule has 0 spiro atoms. The minimum atomic E-state index is -2.10. The fourth-order valence-corrected chi connectivity index (χ4v) is 10.2. The van der Waals surface area contributed by atoms with Crippen LogP contribution in [0.3, 0.4) is 0 Å². The third-order valence-electron chi connectivity index (χ3n) is 13.7. The van der Waals surface area contributed by atoms with E-state index in [9.17, 15) is 0 Å². The Morgan fingerprint density at radius 3 is 2.25 bits per heavy atom. The number of morpholine rings is 1. The average Bonchev–Trinajstić information content (AvgIpc) is 3.92. The molecule has 0 saturated carbocycles. The van der Waals surface area contributed by atoms with Gasteiger partial charge in [0.05, 0.1) is 37.1 Å². The molecule has 0 aliphatic carbocycles. The van der Waals surface area contributed by atoms with E-state index in [2.05, 4.69) is 68.1 Å². The van der Waals surface area contributed by atoms with E-state index in [-0.39, 0.29) is 35.8 Å². The topological polar surface area (TPSA) is 94.9 Å². The summed E-state index contributed by atoms with van der Waals surface area (Å²) in [4.78, 5) is 37.2. The molecule has 5 aromatic rings. The van der Waals surface area contributed by atoms with Gasteiger partial charge in [-0.15, -0.1) is 6.58 Å². The van der Waals surface area contributed by atoms with Crippen LogP contribution in [0.15, 0.2) is 110 Å². The fraction of sp³-hybridized carbons (Fsp3) is 0.385. The maximum absolute atomic E-state index is 15.5. The van der Waals surface area contributed by atoms with Gasteiger partial charge in [0.15, 0.2) is 11.5 Å². The first-order valence-electron chi connectivity index (χ1n) is 22.6. The summed E-state index contributed by atoms with van der Waals surface area (Å²) < 4.78 is 32.8. The Hall–Kier alpha value is -5.66. The second-order valence-electron chi connectivity index (χ2n) is 18.8. The lowest BCUT2D eigenvalue weighted by molar-refractivity contribution is 0.0193. The van der Waals surface area contributed by atoms with Crippen molar-refractivity contribution in [3.63, 3.8) is 0 Å². The Kier molecular flexibility index (Phi) is 12.3. The zero-order chi connectivity index (χ0) is 44.6. The zero-order valence-electron chi connectivity index (χ0n) is 37.8. The van der Waals surface area contributed by atoms with E-state index in [1.165, 1.54) is 5.56 Å². The molecule has 1 aromatic heterocycles. The SMILES string of the molecule is C=CCOC1CCn2c(-c3cc4c(cc3C(=O)N3Cc5ccccc5C[C@H]3CN3CCOCC3)OCO4)cc(C(=O)N(c3ccccc3)c3ccc(O[Si](C)(C)C(C)(C)C)cc3)c2C1. The lowest BCUT2D eigenvalue weighted by Crippen LogP contribution is -2.52. The van der Waals surface area contributed by atoms with Gasteiger partial charge in [0.2, 0.25) is 15.1 Å². The molecule has 334 valence electrons. The lowest BCUT2D eigenvalue weighted by atomic mass is 9.92. The van der Waals surface area contributed by atoms with Crippen molar-refractivity contribution in [2.24, 2.45) is 0 Å². The third-order valence-corrected chi connectivity index (χ3v) is 18.0. The number of carbonyl (C=O) groups is 2. The highest BCUT2D eigenvalue weighted by atomic mass is 28.4. The van der Waals surface area contributed by atoms with Gasteiger partial charge in [-0.25, -0.2) is 0 Å². The summed E-state index contributed by atoms with van der Waals surface area (Å²) >= 11 is 0. The van der Waals surface area contributed by atoms with Crippen LogP contribution >= 0.6 is 0 Å². The highest BCUT2D eigenvalue weighted by Crippen LogP contribution is 2.44. The molecule has 5 heterocycles. The third kappa shape index (κ3) is 8.76. The standard InChI is InChI=1S/C52H60N4O7Si/c1-7-25-60-42-21-22-54-46(29-42)45(51(58)56(38-15-9-8-10-16-38)39-17-19-41(20-18-39)63-64(5,6)52(2,3)4)30-47(54)43-31-48-49(62-35-61-48)32-44(43)50(57)55-33-37-14-12-11-13-36(37)28-40(55)34-53-23-26-59-27-24-53/h7-20,30-32,40,42H,1,21-29,33-35H2,2-6H3/t40-,42?/m0/s1. The Morgan fingerprint density at radius 1 is 0.844 bits per heavy atom. The quantitative estimate of drug-likeness (QED) is 0.0904. The summed E-state index contributed by atoms with van der Waals surface area (Å²) in [6.45, 7) is 20.3. The van der Waals surface area contributed by atoms with Crippen molar-refractivity contribution in [1.82, 2.24) is 14.4 Å². The zero-order valence-corrected chi connectivity index (χ0v) is 38.8. The number of anilines is 2. The van der Waals surface area contributed by atoms with Crippen molar-refractivity contribution < 1.29 is 33.0 Å². The molecule has 11 nitrogen and oxygen atoms in total. The molecule has 2 atom stereocenters. The molecule has 0 N–H and O–H groups in total. The van der Waals surface area contributed by atoms with Gasteiger partial charge in [-0.1, -0.05) is 69.3 Å². The predicted octanol–water partition coefficient (Wildman–Crippen LogP) is 9.66. The summed E-state index contributed by atoms with van der Waals surface area (Å²) in [6, 6.07) is 31.7. The van der Waals surface area contributed by atoms with Gasteiger partial charge < -0.3 is 32.8 Å². The van der Waals surface area contributed by atoms with Crippen molar-refractivity contribution in [1.29, 1.82) is 0 Å². The van der Waals surface area contributed by atoms with E-state index >= 15 is 9.59 Å². The van der Waals surface area contributed by atoms with Crippen LogP contribution in [0.4, 0.5) is 11.4 Å². The number of nitrogens with zero attached hydrogens (tertiary/aromatic N) is 4. The van der Waals surface area contributed by atoms with E-state index in [4.69, 9.17) is 23.4 Å². The molecule has 0 radical (unpaired) electrons. The van der Waals surface area contributed by atoms with Gasteiger partial charge in [0.1, 0.15) is 5.75 Å². The first-order valence-corrected chi connectivity index (χ1v) is 25.5. The van der Waals surface area contributed by atoms with Crippen LogP contribution in [0.5, 0.6) is 17.2 Å². The largest absolute Gasteiger partial charge is 0.544 e. The molecular weight excluding hydrogens is 821 g/mol. The number of ether oxygens (including phenoxy) is 4. The van der Waals surface area contributed by atoms with E-state index in [0.717, 1.165) is 60.9 Å². The molecule has 4 aliphatic heterocycles.